The second-order valence-corrected chi connectivity index (χ2v) is 6.79. The average molecular weight is 304 g/mol. The fourth-order valence-corrected chi connectivity index (χ4v) is 3.00. The molecule has 1 aliphatic rings. The van der Waals surface area contributed by atoms with Crippen LogP contribution in [-0.2, 0) is 10.0 Å². The summed E-state index contributed by atoms with van der Waals surface area (Å²) in [5, 5.41) is 3.28. The van der Waals surface area contributed by atoms with Crippen LogP contribution in [0.1, 0.15) is 25.7 Å². The number of halogens is 2. The first-order valence-corrected chi connectivity index (χ1v) is 8.31. The monoisotopic (exact) mass is 304 g/mol. The van der Waals surface area contributed by atoms with Crippen LogP contribution in [0.3, 0.4) is 0 Å². The van der Waals surface area contributed by atoms with Gasteiger partial charge in [-0.25, -0.2) is 17.2 Å². The van der Waals surface area contributed by atoms with Crippen LogP contribution >= 0.6 is 0 Å². The Bertz CT molecular complexity index is 539. The zero-order chi connectivity index (χ0) is 14.6. The fourth-order valence-electron chi connectivity index (χ4n) is 1.81. The van der Waals surface area contributed by atoms with Crippen molar-refractivity contribution in [2.45, 2.75) is 31.7 Å². The largest absolute Gasteiger partial charge is 0.314 e. The van der Waals surface area contributed by atoms with Gasteiger partial charge in [0.2, 0.25) is 10.0 Å². The molecule has 2 N–H and O–H groups in total. The Labute approximate surface area is 117 Å². The number of anilines is 1. The average Bonchev–Trinajstić information content (AvgIpc) is 3.18. The summed E-state index contributed by atoms with van der Waals surface area (Å²) in [7, 11) is -3.72. The van der Waals surface area contributed by atoms with Crippen molar-refractivity contribution < 1.29 is 17.2 Å². The maximum absolute atomic E-state index is 13.3. The van der Waals surface area contributed by atoms with Gasteiger partial charge in [0.25, 0.3) is 0 Å². The molecule has 112 valence electrons. The van der Waals surface area contributed by atoms with Gasteiger partial charge in [0.15, 0.2) is 0 Å². The van der Waals surface area contributed by atoms with Crippen molar-refractivity contribution in [2.24, 2.45) is 0 Å². The maximum atomic E-state index is 13.3. The Hall–Kier alpha value is -1.21. The molecule has 2 rings (SSSR count). The minimum atomic E-state index is -3.72. The molecule has 1 saturated carbocycles. The molecule has 0 atom stereocenters. The highest BCUT2D eigenvalue weighted by molar-refractivity contribution is 7.92. The Balaban J connectivity index is 1.80. The topological polar surface area (TPSA) is 58.2 Å². The molecule has 0 amide bonds. The van der Waals surface area contributed by atoms with Gasteiger partial charge < -0.3 is 5.32 Å². The van der Waals surface area contributed by atoms with Crippen molar-refractivity contribution in [3.63, 3.8) is 0 Å². The van der Waals surface area contributed by atoms with Gasteiger partial charge in [-0.1, -0.05) is 6.07 Å². The van der Waals surface area contributed by atoms with Crippen LogP contribution in [0.5, 0.6) is 0 Å². The lowest BCUT2D eigenvalue weighted by atomic mass is 10.3. The highest BCUT2D eigenvalue weighted by Crippen LogP contribution is 2.20. The Morgan fingerprint density at radius 1 is 1.15 bits per heavy atom. The van der Waals surface area contributed by atoms with Crippen molar-refractivity contribution >= 4 is 15.7 Å². The van der Waals surface area contributed by atoms with E-state index in [-0.39, 0.29) is 5.75 Å². The van der Waals surface area contributed by atoms with Gasteiger partial charge in [-0.05, 0) is 44.4 Å². The van der Waals surface area contributed by atoms with E-state index in [2.05, 4.69) is 5.32 Å². The number of rotatable bonds is 8. The SMILES string of the molecule is O=S(=O)(CCCCNC1CC1)Nc1c(F)cccc1F. The first kappa shape index (κ1) is 15.2. The third-order valence-electron chi connectivity index (χ3n) is 3.07. The van der Waals surface area contributed by atoms with Crippen LogP contribution in [-0.4, -0.2) is 26.8 Å². The van der Waals surface area contributed by atoms with Gasteiger partial charge in [-0.2, -0.15) is 0 Å². The number of hydrogen-bond donors (Lipinski definition) is 2. The molecule has 7 heteroatoms. The van der Waals surface area contributed by atoms with Crippen LogP contribution in [0, 0.1) is 11.6 Å². The number of para-hydroxylation sites is 1. The number of hydrogen-bond acceptors (Lipinski definition) is 3. The van der Waals surface area contributed by atoms with Crippen LogP contribution in [0.4, 0.5) is 14.5 Å². The minimum Gasteiger partial charge on any atom is -0.314 e. The zero-order valence-electron chi connectivity index (χ0n) is 11.0. The minimum absolute atomic E-state index is 0.146. The second kappa shape index (κ2) is 6.49. The quantitative estimate of drug-likeness (QED) is 0.724. The second-order valence-electron chi connectivity index (χ2n) is 4.95. The Kier molecular flexibility index (Phi) is 4.93. The molecular formula is C13H18F2N2O2S. The van der Waals surface area contributed by atoms with E-state index in [1.54, 1.807) is 0 Å². The van der Waals surface area contributed by atoms with E-state index in [0.717, 1.165) is 25.1 Å². The van der Waals surface area contributed by atoms with Crippen molar-refractivity contribution in [1.29, 1.82) is 0 Å². The fraction of sp³-hybridized carbons (Fsp3) is 0.538. The molecule has 0 heterocycles. The standard InChI is InChI=1S/C13H18F2N2O2S/c14-11-4-3-5-12(15)13(11)17-20(18,19)9-2-1-8-16-10-6-7-10/h3-5,10,16-17H,1-2,6-9H2. The summed E-state index contributed by atoms with van der Waals surface area (Å²) in [4.78, 5) is 0. The van der Waals surface area contributed by atoms with Gasteiger partial charge in [0.1, 0.15) is 17.3 Å². The lowest BCUT2D eigenvalue weighted by molar-refractivity contribution is 0.579. The molecule has 1 aromatic rings. The molecule has 4 nitrogen and oxygen atoms in total. The van der Waals surface area contributed by atoms with E-state index in [1.165, 1.54) is 18.9 Å². The van der Waals surface area contributed by atoms with E-state index in [1.807, 2.05) is 4.72 Å². The van der Waals surface area contributed by atoms with Crippen molar-refractivity contribution in [3.05, 3.63) is 29.8 Å². The van der Waals surface area contributed by atoms with E-state index >= 15 is 0 Å². The first-order chi connectivity index (χ1) is 9.48. The highest BCUT2D eigenvalue weighted by atomic mass is 32.2. The molecule has 0 aromatic heterocycles. The van der Waals surface area contributed by atoms with Crippen molar-refractivity contribution in [1.82, 2.24) is 5.32 Å². The molecule has 20 heavy (non-hydrogen) atoms. The summed E-state index contributed by atoms with van der Waals surface area (Å²) >= 11 is 0. The predicted octanol–water partition coefficient (Wildman–Crippen LogP) is 2.24. The maximum Gasteiger partial charge on any atom is 0.232 e. The number of unbranched alkanes of at least 4 members (excludes halogenated alkanes) is 1. The molecule has 0 radical (unpaired) electrons. The van der Waals surface area contributed by atoms with Gasteiger partial charge in [-0.3, -0.25) is 4.72 Å². The zero-order valence-corrected chi connectivity index (χ0v) is 11.8. The van der Waals surface area contributed by atoms with Gasteiger partial charge in [0.05, 0.1) is 5.75 Å². The highest BCUT2D eigenvalue weighted by Gasteiger charge is 2.20. The smallest absolute Gasteiger partial charge is 0.232 e. The third kappa shape index (κ3) is 4.72. The molecule has 1 aliphatic carbocycles. The molecule has 0 aliphatic heterocycles. The first-order valence-electron chi connectivity index (χ1n) is 6.66. The molecule has 0 saturated heterocycles. The Morgan fingerprint density at radius 3 is 2.40 bits per heavy atom. The van der Waals surface area contributed by atoms with E-state index in [0.29, 0.717) is 12.5 Å². The van der Waals surface area contributed by atoms with E-state index < -0.39 is 27.3 Å². The molecule has 0 unspecified atom stereocenters. The summed E-state index contributed by atoms with van der Waals surface area (Å²) in [6.45, 7) is 0.772. The Morgan fingerprint density at radius 2 is 1.80 bits per heavy atom. The molecule has 1 aromatic carbocycles. The third-order valence-corrected chi connectivity index (χ3v) is 4.41. The molecule has 1 fully saturated rings. The van der Waals surface area contributed by atoms with E-state index in [4.69, 9.17) is 0 Å². The summed E-state index contributed by atoms with van der Waals surface area (Å²) in [5.74, 6) is -1.97. The number of nitrogens with one attached hydrogen (secondary N) is 2. The van der Waals surface area contributed by atoms with E-state index in [9.17, 15) is 17.2 Å². The van der Waals surface area contributed by atoms with Crippen LogP contribution in [0.15, 0.2) is 18.2 Å². The summed E-state index contributed by atoms with van der Waals surface area (Å²) in [5.41, 5.74) is -0.608. The lowest BCUT2D eigenvalue weighted by Crippen LogP contribution is -2.21. The number of sulfonamides is 1. The summed E-state index contributed by atoms with van der Waals surface area (Å²) < 4.78 is 52.2. The number of benzene rings is 1. The van der Waals surface area contributed by atoms with Crippen LogP contribution in [0.25, 0.3) is 0 Å². The van der Waals surface area contributed by atoms with Crippen molar-refractivity contribution in [3.8, 4) is 0 Å². The van der Waals surface area contributed by atoms with Crippen molar-refractivity contribution in [2.75, 3.05) is 17.0 Å². The normalized spacial score (nSPS) is 15.3. The van der Waals surface area contributed by atoms with Gasteiger partial charge >= 0.3 is 0 Å². The molecular weight excluding hydrogens is 286 g/mol. The summed E-state index contributed by atoms with van der Waals surface area (Å²) in [6, 6.07) is 3.81. The molecule has 0 spiro atoms. The van der Waals surface area contributed by atoms with Crippen LogP contribution < -0.4 is 10.0 Å². The van der Waals surface area contributed by atoms with Gasteiger partial charge in [0, 0.05) is 6.04 Å². The predicted molar refractivity (Wildman–Crippen MR) is 74.0 cm³/mol. The summed E-state index contributed by atoms with van der Waals surface area (Å²) in [6.07, 6.45) is 3.54. The van der Waals surface area contributed by atoms with Crippen LogP contribution in [0.2, 0.25) is 0 Å². The molecule has 0 bridgehead atoms. The van der Waals surface area contributed by atoms with Gasteiger partial charge in [-0.15, -0.1) is 0 Å². The lowest BCUT2D eigenvalue weighted by Gasteiger charge is -2.09.